The zero-order valence-electron chi connectivity index (χ0n) is 14.1. The molecule has 0 spiro atoms. The Morgan fingerprint density at radius 2 is 1.93 bits per heavy atom. The summed E-state index contributed by atoms with van der Waals surface area (Å²) in [4.78, 5) is 17.1. The van der Waals surface area contributed by atoms with Crippen LogP contribution in [0.15, 0.2) is 59.2 Å². The van der Waals surface area contributed by atoms with Gasteiger partial charge in [0.05, 0.1) is 27.3 Å². The maximum Gasteiger partial charge on any atom is 0.252 e. The van der Waals surface area contributed by atoms with Gasteiger partial charge in [-0.3, -0.25) is 9.78 Å². The molecule has 1 atom stereocenters. The van der Waals surface area contributed by atoms with Crippen molar-refractivity contribution in [2.75, 3.05) is 0 Å². The van der Waals surface area contributed by atoms with E-state index in [2.05, 4.69) is 26.2 Å². The fraction of sp³-hybridized carbons (Fsp3) is 0.0500. The molecule has 0 bridgehead atoms. The lowest BCUT2D eigenvalue weighted by Gasteiger charge is -2.20. The van der Waals surface area contributed by atoms with Gasteiger partial charge in [-0.05, 0) is 48.0 Å². The minimum Gasteiger partial charge on any atom is -0.340 e. The van der Waals surface area contributed by atoms with E-state index in [9.17, 15) is 9.18 Å². The lowest BCUT2D eigenvalue weighted by molar-refractivity contribution is 0.0942. The smallest absolute Gasteiger partial charge is 0.252 e. The number of nitrogens with zero attached hydrogens (tertiary/aromatic N) is 2. The number of pyridine rings is 1. The second-order valence-electron chi connectivity index (χ2n) is 5.79. The summed E-state index contributed by atoms with van der Waals surface area (Å²) in [5.74, 6) is -1.29. The van der Waals surface area contributed by atoms with E-state index in [1.165, 1.54) is 12.1 Å². The number of nitriles is 1. The molecular formula is C20H11BrCl2FN3O. The highest BCUT2D eigenvalue weighted by Crippen LogP contribution is 2.29. The Morgan fingerprint density at radius 3 is 2.57 bits per heavy atom. The Hall–Kier alpha value is -2.46. The van der Waals surface area contributed by atoms with Crippen molar-refractivity contribution >= 4 is 45.0 Å². The molecule has 0 saturated carbocycles. The molecule has 8 heteroatoms. The van der Waals surface area contributed by atoms with Gasteiger partial charge in [-0.15, -0.1) is 0 Å². The van der Waals surface area contributed by atoms with E-state index in [1.807, 2.05) is 0 Å². The van der Waals surface area contributed by atoms with Crippen LogP contribution in [-0.2, 0) is 0 Å². The van der Waals surface area contributed by atoms with Gasteiger partial charge in [-0.2, -0.15) is 5.26 Å². The van der Waals surface area contributed by atoms with Crippen LogP contribution in [0.3, 0.4) is 0 Å². The lowest BCUT2D eigenvalue weighted by atomic mass is 10.0. The second kappa shape index (κ2) is 8.70. The highest BCUT2D eigenvalue weighted by Gasteiger charge is 2.21. The van der Waals surface area contributed by atoms with E-state index in [1.54, 1.807) is 42.6 Å². The topological polar surface area (TPSA) is 65.8 Å². The first-order valence-corrected chi connectivity index (χ1v) is 9.51. The van der Waals surface area contributed by atoms with Crippen LogP contribution in [-0.4, -0.2) is 10.9 Å². The second-order valence-corrected chi connectivity index (χ2v) is 7.52. The summed E-state index contributed by atoms with van der Waals surface area (Å²) in [6.45, 7) is 0. The Bertz CT molecular complexity index is 1100. The number of carbonyl (C=O) groups is 1. The Balaban J connectivity index is 1.99. The molecule has 4 nitrogen and oxygen atoms in total. The molecule has 1 N–H and O–H groups in total. The van der Waals surface area contributed by atoms with Crippen molar-refractivity contribution in [3.05, 3.63) is 97.4 Å². The first-order valence-electron chi connectivity index (χ1n) is 7.96. The highest BCUT2D eigenvalue weighted by molar-refractivity contribution is 9.10. The molecule has 1 amide bonds. The number of rotatable bonds is 4. The third-order valence-corrected chi connectivity index (χ3v) is 5.18. The fourth-order valence-corrected chi connectivity index (χ4v) is 3.22. The van der Waals surface area contributed by atoms with Crippen molar-refractivity contribution in [2.45, 2.75) is 6.04 Å². The number of benzene rings is 2. The van der Waals surface area contributed by atoms with Crippen LogP contribution in [0.5, 0.6) is 0 Å². The molecule has 3 aromatic rings. The molecule has 0 radical (unpaired) electrons. The maximum absolute atomic E-state index is 13.9. The summed E-state index contributed by atoms with van der Waals surface area (Å²) in [7, 11) is 0. The number of nitrogens with one attached hydrogen (secondary N) is 1. The number of halogens is 4. The number of hydrogen-bond donors (Lipinski definition) is 1. The number of carbonyl (C=O) groups excluding carboxylic acids is 1. The van der Waals surface area contributed by atoms with Crippen molar-refractivity contribution in [2.24, 2.45) is 0 Å². The Labute approximate surface area is 179 Å². The number of hydrogen-bond acceptors (Lipinski definition) is 3. The van der Waals surface area contributed by atoms with Crippen molar-refractivity contribution in [1.82, 2.24) is 10.3 Å². The largest absolute Gasteiger partial charge is 0.340 e. The van der Waals surface area contributed by atoms with E-state index in [0.29, 0.717) is 21.3 Å². The highest BCUT2D eigenvalue weighted by atomic mass is 79.9. The van der Waals surface area contributed by atoms with Crippen molar-refractivity contribution in [1.29, 1.82) is 5.26 Å². The van der Waals surface area contributed by atoms with Crippen molar-refractivity contribution < 1.29 is 9.18 Å². The average molecular weight is 479 g/mol. The van der Waals surface area contributed by atoms with Gasteiger partial charge in [-0.25, -0.2) is 4.39 Å². The normalized spacial score (nSPS) is 11.5. The third-order valence-electron chi connectivity index (χ3n) is 3.94. The van der Waals surface area contributed by atoms with Crippen molar-refractivity contribution in [3.8, 4) is 6.07 Å². The van der Waals surface area contributed by atoms with Gasteiger partial charge in [-0.1, -0.05) is 45.2 Å². The first kappa shape index (κ1) is 20.3. The van der Waals surface area contributed by atoms with Crippen LogP contribution < -0.4 is 5.32 Å². The fourth-order valence-electron chi connectivity index (χ4n) is 2.56. The van der Waals surface area contributed by atoms with E-state index in [4.69, 9.17) is 28.5 Å². The quantitative estimate of drug-likeness (QED) is 0.524. The van der Waals surface area contributed by atoms with Gasteiger partial charge in [0.25, 0.3) is 5.91 Å². The SMILES string of the molecule is N#Cc1ccc(C(=O)NC(c2ccc(Cl)c(Cl)c2)c2cc(Br)ccn2)cc1F. The van der Waals surface area contributed by atoms with Crippen LogP contribution in [0.1, 0.15) is 33.2 Å². The summed E-state index contributed by atoms with van der Waals surface area (Å²) >= 11 is 15.5. The molecule has 28 heavy (non-hydrogen) atoms. The summed E-state index contributed by atoms with van der Waals surface area (Å²) in [6.07, 6.45) is 1.59. The van der Waals surface area contributed by atoms with Crippen LogP contribution in [0.2, 0.25) is 10.0 Å². The Morgan fingerprint density at radius 1 is 1.14 bits per heavy atom. The van der Waals surface area contributed by atoms with E-state index in [-0.39, 0.29) is 11.1 Å². The monoisotopic (exact) mass is 477 g/mol. The molecule has 0 aliphatic carbocycles. The number of amides is 1. The Kier molecular flexibility index (Phi) is 6.30. The summed E-state index contributed by atoms with van der Waals surface area (Å²) in [5.41, 5.74) is 1.15. The molecular weight excluding hydrogens is 468 g/mol. The van der Waals surface area contributed by atoms with E-state index < -0.39 is 17.8 Å². The molecule has 1 unspecified atom stereocenters. The van der Waals surface area contributed by atoms with E-state index in [0.717, 1.165) is 10.5 Å². The standard InChI is InChI=1S/C20H11BrCl2FN3O/c21-14-5-6-26-18(9-14)19(11-3-4-15(22)16(23)7-11)27-20(28)12-1-2-13(10-25)17(24)8-12/h1-9,19H,(H,27,28). The zero-order valence-corrected chi connectivity index (χ0v) is 17.2. The first-order chi connectivity index (χ1) is 13.4. The molecule has 0 aliphatic heterocycles. The van der Waals surface area contributed by atoms with Gasteiger partial charge in [0.2, 0.25) is 0 Å². The predicted molar refractivity (Wildman–Crippen MR) is 109 cm³/mol. The van der Waals surface area contributed by atoms with Gasteiger partial charge >= 0.3 is 0 Å². The summed E-state index contributed by atoms with van der Waals surface area (Å²) in [6, 6.07) is 13.2. The third kappa shape index (κ3) is 4.50. The molecule has 0 fully saturated rings. The lowest BCUT2D eigenvalue weighted by Crippen LogP contribution is -2.30. The molecule has 1 heterocycles. The summed E-state index contributed by atoms with van der Waals surface area (Å²) < 4.78 is 14.7. The van der Waals surface area contributed by atoms with Gasteiger partial charge in [0.15, 0.2) is 0 Å². The molecule has 2 aromatic carbocycles. The molecule has 1 aromatic heterocycles. The predicted octanol–water partition coefficient (Wildman–Crippen LogP) is 5.68. The molecule has 3 rings (SSSR count). The molecule has 140 valence electrons. The van der Waals surface area contributed by atoms with Gasteiger partial charge < -0.3 is 5.32 Å². The minimum absolute atomic E-state index is 0.0801. The zero-order chi connectivity index (χ0) is 20.3. The maximum atomic E-state index is 13.9. The van der Waals surface area contributed by atoms with Crippen molar-refractivity contribution in [3.63, 3.8) is 0 Å². The molecule has 0 saturated heterocycles. The molecule has 0 aliphatic rings. The summed E-state index contributed by atoms with van der Waals surface area (Å²) in [5, 5.41) is 12.4. The van der Waals surface area contributed by atoms with Crippen LogP contribution >= 0.6 is 39.1 Å². The number of aromatic nitrogens is 1. The van der Waals surface area contributed by atoms with Gasteiger partial charge in [0, 0.05) is 16.2 Å². The van der Waals surface area contributed by atoms with Gasteiger partial charge in [0.1, 0.15) is 11.9 Å². The minimum atomic E-state index is -0.762. The van der Waals surface area contributed by atoms with Crippen LogP contribution in [0.25, 0.3) is 0 Å². The van der Waals surface area contributed by atoms with Crippen LogP contribution in [0, 0.1) is 17.1 Å². The average Bonchev–Trinajstić information content (AvgIpc) is 2.68. The van der Waals surface area contributed by atoms with E-state index >= 15 is 0 Å². The van der Waals surface area contributed by atoms with Crippen LogP contribution in [0.4, 0.5) is 4.39 Å².